The zero-order valence-corrected chi connectivity index (χ0v) is 17.8. The summed E-state index contributed by atoms with van der Waals surface area (Å²) in [5, 5.41) is 2.91. The fourth-order valence-corrected chi connectivity index (χ4v) is 6.45. The third kappa shape index (κ3) is 2.71. The Morgan fingerprint density at radius 2 is 1.61 bits per heavy atom. The van der Waals surface area contributed by atoms with Gasteiger partial charge in [0.25, 0.3) is 0 Å². The number of fused-ring (bicyclic) bond motifs is 2. The highest BCUT2D eigenvalue weighted by molar-refractivity contribution is 6.31. The topological polar surface area (TPSA) is 30.0 Å². The van der Waals surface area contributed by atoms with Gasteiger partial charge in [0, 0.05) is 23.1 Å². The number of benzene rings is 3. The van der Waals surface area contributed by atoms with Crippen LogP contribution in [0.1, 0.15) is 46.8 Å². The number of halogens is 1. The summed E-state index contributed by atoms with van der Waals surface area (Å²) in [7, 11) is 0. The van der Waals surface area contributed by atoms with E-state index in [0.717, 1.165) is 41.3 Å². The molecule has 3 aliphatic carbocycles. The Morgan fingerprint density at radius 3 is 2.39 bits per heavy atom. The van der Waals surface area contributed by atoms with Gasteiger partial charge in [-0.25, -0.2) is 0 Å². The Balaban J connectivity index is 1.46. The van der Waals surface area contributed by atoms with Crippen molar-refractivity contribution in [2.45, 2.75) is 30.6 Å². The molecular weight excluding hydrogens is 402 g/mol. The predicted octanol–water partition coefficient (Wildman–Crippen LogP) is 6.98. The summed E-state index contributed by atoms with van der Waals surface area (Å²) in [6.45, 7) is 0. The number of carbonyl (C=O) groups is 1. The Kier molecular flexibility index (Phi) is 4.10. The monoisotopic (exact) mass is 423 g/mol. The molecular formula is C28H22ClNO. The van der Waals surface area contributed by atoms with Gasteiger partial charge in [-0.1, -0.05) is 78.3 Å². The maximum absolute atomic E-state index is 14.0. The van der Waals surface area contributed by atoms with E-state index < -0.39 is 5.41 Å². The molecule has 2 bridgehead atoms. The quantitative estimate of drug-likeness (QED) is 0.331. The summed E-state index contributed by atoms with van der Waals surface area (Å²) in [4.78, 5) is 18.7. The lowest BCUT2D eigenvalue weighted by Gasteiger charge is -2.48. The van der Waals surface area contributed by atoms with Crippen LogP contribution in [0.25, 0.3) is 10.8 Å². The van der Waals surface area contributed by atoms with Crippen LogP contribution in [-0.4, -0.2) is 10.8 Å². The zero-order valence-electron chi connectivity index (χ0n) is 17.1. The SMILES string of the molecule is O=C(c1ccc2ccccc2c1)C12CC(c3ccccc3)(C[C@H]1c1ncccc1Cl)C2. The van der Waals surface area contributed by atoms with E-state index in [0.29, 0.717) is 5.02 Å². The van der Waals surface area contributed by atoms with Gasteiger partial charge in [-0.05, 0) is 59.2 Å². The molecule has 3 aromatic carbocycles. The van der Waals surface area contributed by atoms with Crippen LogP contribution in [0, 0.1) is 5.41 Å². The lowest BCUT2D eigenvalue weighted by Crippen LogP contribution is -2.47. The first-order chi connectivity index (χ1) is 15.1. The minimum Gasteiger partial charge on any atom is -0.294 e. The van der Waals surface area contributed by atoms with Crippen LogP contribution in [-0.2, 0) is 5.41 Å². The molecule has 4 aromatic rings. The maximum atomic E-state index is 14.0. The molecule has 0 N–H and O–H groups in total. The molecule has 31 heavy (non-hydrogen) atoms. The number of Topliss-reactive ketones (excluding diaryl/α,β-unsaturated/α-hetero) is 1. The first-order valence-electron chi connectivity index (χ1n) is 10.8. The van der Waals surface area contributed by atoms with Crippen molar-refractivity contribution in [3.05, 3.63) is 113 Å². The van der Waals surface area contributed by atoms with Crippen LogP contribution in [0.15, 0.2) is 91.1 Å². The molecule has 0 aliphatic heterocycles. The molecule has 2 nitrogen and oxygen atoms in total. The standard InChI is InChI=1S/C28H22ClNO/c29-24-11-6-14-30-25(24)23-16-27(22-9-2-1-3-10-22)17-28(23,18-27)26(31)21-13-12-19-7-4-5-8-20(19)15-21/h1-15,23H,16-18H2/t23-,27?,28?/m0/s1. The first kappa shape index (κ1) is 18.8. The van der Waals surface area contributed by atoms with Gasteiger partial charge < -0.3 is 0 Å². The van der Waals surface area contributed by atoms with Crippen LogP contribution in [0.5, 0.6) is 0 Å². The minimum atomic E-state index is -0.448. The van der Waals surface area contributed by atoms with Gasteiger partial charge >= 0.3 is 0 Å². The van der Waals surface area contributed by atoms with Crippen molar-refractivity contribution in [2.24, 2.45) is 5.41 Å². The molecule has 0 saturated heterocycles. The summed E-state index contributed by atoms with van der Waals surface area (Å²) in [5.74, 6) is 0.259. The van der Waals surface area contributed by atoms with E-state index in [1.54, 1.807) is 6.20 Å². The third-order valence-corrected chi connectivity index (χ3v) is 7.86. The van der Waals surface area contributed by atoms with E-state index in [4.69, 9.17) is 11.6 Å². The molecule has 1 atom stereocenters. The molecule has 0 spiro atoms. The van der Waals surface area contributed by atoms with E-state index in [1.807, 2.05) is 42.5 Å². The number of hydrogen-bond donors (Lipinski definition) is 0. The second-order valence-corrected chi connectivity index (χ2v) is 9.58. The first-order valence-corrected chi connectivity index (χ1v) is 11.2. The van der Waals surface area contributed by atoms with Gasteiger partial charge in [0.2, 0.25) is 0 Å². The molecule has 7 rings (SSSR count). The van der Waals surface area contributed by atoms with Crippen molar-refractivity contribution in [1.29, 1.82) is 0 Å². The molecule has 3 saturated carbocycles. The highest BCUT2D eigenvalue weighted by Gasteiger charge is 2.70. The van der Waals surface area contributed by atoms with Crippen molar-refractivity contribution in [1.82, 2.24) is 4.98 Å². The molecule has 3 heteroatoms. The normalized spacial score (nSPS) is 26.5. The maximum Gasteiger partial charge on any atom is 0.169 e. The van der Waals surface area contributed by atoms with Crippen molar-refractivity contribution < 1.29 is 4.79 Å². The van der Waals surface area contributed by atoms with Crippen LogP contribution in [0.4, 0.5) is 0 Å². The van der Waals surface area contributed by atoms with Gasteiger partial charge in [-0.3, -0.25) is 9.78 Å². The largest absolute Gasteiger partial charge is 0.294 e. The molecule has 3 aliphatic rings. The van der Waals surface area contributed by atoms with E-state index in [9.17, 15) is 4.79 Å². The Hall–Kier alpha value is -2.97. The Morgan fingerprint density at radius 1 is 0.871 bits per heavy atom. The van der Waals surface area contributed by atoms with Crippen LogP contribution in [0.2, 0.25) is 5.02 Å². The lowest BCUT2D eigenvalue weighted by molar-refractivity contribution is 0.0537. The fraction of sp³-hybridized carbons (Fsp3) is 0.214. The number of rotatable bonds is 4. The number of ketones is 1. The third-order valence-electron chi connectivity index (χ3n) is 7.54. The van der Waals surface area contributed by atoms with Gasteiger partial charge in [0.1, 0.15) is 0 Å². The summed E-state index contributed by atoms with van der Waals surface area (Å²) in [6, 6.07) is 28.7. The molecule has 0 amide bonds. The molecule has 1 aromatic heterocycles. The summed E-state index contributed by atoms with van der Waals surface area (Å²) in [5.41, 5.74) is 2.56. The van der Waals surface area contributed by atoms with Crippen molar-refractivity contribution >= 4 is 28.2 Å². The zero-order chi connectivity index (χ0) is 21.1. The second-order valence-electron chi connectivity index (χ2n) is 9.17. The van der Waals surface area contributed by atoms with Gasteiger partial charge in [0.15, 0.2) is 5.78 Å². The molecule has 0 unspecified atom stereocenters. The van der Waals surface area contributed by atoms with E-state index in [1.165, 1.54) is 5.56 Å². The number of hydrogen-bond acceptors (Lipinski definition) is 2. The van der Waals surface area contributed by atoms with Crippen molar-refractivity contribution in [2.75, 3.05) is 0 Å². The fourth-order valence-electron chi connectivity index (χ4n) is 6.20. The highest BCUT2D eigenvalue weighted by atomic mass is 35.5. The van der Waals surface area contributed by atoms with Crippen LogP contribution >= 0.6 is 11.6 Å². The van der Waals surface area contributed by atoms with E-state index >= 15 is 0 Å². The predicted molar refractivity (Wildman–Crippen MR) is 125 cm³/mol. The number of aromatic nitrogens is 1. The Bertz CT molecular complexity index is 1310. The minimum absolute atomic E-state index is 0.0271. The number of pyridine rings is 1. The van der Waals surface area contributed by atoms with E-state index in [-0.39, 0.29) is 17.1 Å². The highest BCUT2D eigenvalue weighted by Crippen LogP contribution is 2.74. The summed E-state index contributed by atoms with van der Waals surface area (Å²) >= 11 is 6.60. The average molecular weight is 424 g/mol. The summed E-state index contributed by atoms with van der Waals surface area (Å²) in [6.07, 6.45) is 4.41. The van der Waals surface area contributed by atoms with E-state index in [2.05, 4.69) is 47.4 Å². The molecule has 3 fully saturated rings. The molecule has 0 radical (unpaired) electrons. The average Bonchev–Trinajstić information content (AvgIpc) is 3.32. The second kappa shape index (κ2) is 6.77. The molecule has 152 valence electrons. The number of carbonyl (C=O) groups excluding carboxylic acids is 1. The summed E-state index contributed by atoms with van der Waals surface area (Å²) < 4.78 is 0. The van der Waals surface area contributed by atoms with Crippen LogP contribution in [0.3, 0.4) is 0 Å². The van der Waals surface area contributed by atoms with Gasteiger partial charge in [-0.2, -0.15) is 0 Å². The lowest BCUT2D eigenvalue weighted by atomic mass is 9.54. The van der Waals surface area contributed by atoms with Crippen molar-refractivity contribution in [3.63, 3.8) is 0 Å². The van der Waals surface area contributed by atoms with Crippen LogP contribution < -0.4 is 0 Å². The van der Waals surface area contributed by atoms with Crippen molar-refractivity contribution in [3.8, 4) is 0 Å². The smallest absolute Gasteiger partial charge is 0.169 e. The number of nitrogens with zero attached hydrogens (tertiary/aromatic N) is 1. The molecule has 1 heterocycles. The van der Waals surface area contributed by atoms with Gasteiger partial charge in [-0.15, -0.1) is 0 Å². The van der Waals surface area contributed by atoms with Gasteiger partial charge in [0.05, 0.1) is 10.7 Å². The Labute approximate surface area is 186 Å².